The molecular formula is C24H22F2N4O4. The van der Waals surface area contributed by atoms with Crippen LogP contribution in [0.15, 0.2) is 35.5 Å². The van der Waals surface area contributed by atoms with Gasteiger partial charge >= 0.3 is 12.5 Å². The van der Waals surface area contributed by atoms with E-state index >= 15 is 0 Å². The standard InChI is InChI=1S/C24H22F2N4O4/c1-24(2)5-3-17-15-7-14(12-9-27-28(10-12)23(25)26)21-13(4-6-34-21)20(15)18-8-19(31)16(22(32)33)11-29(18)30(17)24/h7-11,17,23H,3-6H2,1-2H3,(H,32,33). The van der Waals surface area contributed by atoms with Crippen molar-refractivity contribution < 1.29 is 23.4 Å². The molecule has 0 bridgehead atoms. The van der Waals surface area contributed by atoms with Gasteiger partial charge in [-0.2, -0.15) is 13.9 Å². The zero-order chi connectivity index (χ0) is 23.9. The van der Waals surface area contributed by atoms with Crippen LogP contribution in [-0.2, 0) is 6.42 Å². The van der Waals surface area contributed by atoms with E-state index in [1.807, 2.05) is 10.7 Å². The third kappa shape index (κ3) is 2.77. The van der Waals surface area contributed by atoms with Crippen LogP contribution in [0.1, 0.15) is 60.8 Å². The Morgan fingerprint density at radius 1 is 1.29 bits per heavy atom. The van der Waals surface area contributed by atoms with E-state index < -0.39 is 17.9 Å². The van der Waals surface area contributed by atoms with Gasteiger partial charge in [0, 0.05) is 47.1 Å². The van der Waals surface area contributed by atoms with E-state index in [1.165, 1.54) is 24.7 Å². The summed E-state index contributed by atoms with van der Waals surface area (Å²) in [5.41, 5.74) is 3.47. The third-order valence-corrected chi connectivity index (χ3v) is 7.17. The molecule has 0 radical (unpaired) electrons. The van der Waals surface area contributed by atoms with Gasteiger partial charge in [0.2, 0.25) is 0 Å². The van der Waals surface area contributed by atoms with Crippen molar-refractivity contribution in [3.63, 3.8) is 0 Å². The summed E-state index contributed by atoms with van der Waals surface area (Å²) in [7, 11) is 0. The van der Waals surface area contributed by atoms with Gasteiger partial charge in [0.15, 0.2) is 5.43 Å². The van der Waals surface area contributed by atoms with E-state index in [0.717, 1.165) is 29.5 Å². The fraction of sp³-hybridized carbons (Fsp3) is 0.375. The first kappa shape index (κ1) is 20.9. The number of ether oxygens (including phenoxy) is 1. The number of benzene rings is 1. The molecule has 1 N–H and O–H groups in total. The highest BCUT2D eigenvalue weighted by molar-refractivity contribution is 5.89. The quantitative estimate of drug-likeness (QED) is 0.626. The molecule has 34 heavy (non-hydrogen) atoms. The van der Waals surface area contributed by atoms with Crippen LogP contribution in [0, 0.1) is 0 Å². The number of carbonyl (C=O) groups is 1. The average Bonchev–Trinajstić information content (AvgIpc) is 3.51. The molecule has 3 aliphatic heterocycles. The molecule has 176 valence electrons. The van der Waals surface area contributed by atoms with E-state index in [2.05, 4.69) is 24.0 Å². The molecule has 1 unspecified atom stereocenters. The highest BCUT2D eigenvalue weighted by atomic mass is 19.3. The summed E-state index contributed by atoms with van der Waals surface area (Å²) >= 11 is 0. The second kappa shape index (κ2) is 6.91. The van der Waals surface area contributed by atoms with Gasteiger partial charge in [-0.3, -0.25) is 14.5 Å². The van der Waals surface area contributed by atoms with Crippen molar-refractivity contribution >= 4 is 5.97 Å². The highest BCUT2D eigenvalue weighted by Gasteiger charge is 2.46. The van der Waals surface area contributed by atoms with Crippen molar-refractivity contribution in [2.24, 2.45) is 0 Å². The lowest BCUT2D eigenvalue weighted by molar-refractivity contribution is 0.0566. The molecule has 1 saturated heterocycles. The van der Waals surface area contributed by atoms with Gasteiger partial charge in [0.05, 0.1) is 30.1 Å². The summed E-state index contributed by atoms with van der Waals surface area (Å²) in [4.78, 5) is 24.5. The maximum Gasteiger partial charge on any atom is 0.341 e. The van der Waals surface area contributed by atoms with E-state index in [4.69, 9.17) is 4.74 Å². The Morgan fingerprint density at radius 3 is 2.79 bits per heavy atom. The number of hydrogen-bond acceptors (Lipinski definition) is 5. The Labute approximate surface area is 193 Å². The Morgan fingerprint density at radius 2 is 2.09 bits per heavy atom. The number of rotatable bonds is 3. The predicted molar refractivity (Wildman–Crippen MR) is 119 cm³/mol. The molecule has 6 rings (SSSR count). The summed E-state index contributed by atoms with van der Waals surface area (Å²) in [6, 6.07) is 3.28. The number of hydrogen-bond donors (Lipinski definition) is 1. The van der Waals surface area contributed by atoms with Gasteiger partial charge < -0.3 is 9.84 Å². The minimum Gasteiger partial charge on any atom is -0.492 e. The van der Waals surface area contributed by atoms with E-state index in [-0.39, 0.29) is 17.1 Å². The minimum atomic E-state index is -2.74. The number of carboxylic acids is 1. The fourth-order valence-electron chi connectivity index (χ4n) is 5.69. The molecule has 0 saturated carbocycles. The van der Waals surface area contributed by atoms with Crippen molar-refractivity contribution in [2.45, 2.75) is 51.2 Å². The van der Waals surface area contributed by atoms with Crippen molar-refractivity contribution in [2.75, 3.05) is 11.6 Å². The third-order valence-electron chi connectivity index (χ3n) is 7.17. The SMILES string of the molecule is CC1(C)CCC2c3cc(-c4cnn(C(F)F)c4)c4c(c3-c3cc(=O)c(C(=O)O)cn3N21)CCO4. The molecule has 3 aromatic rings. The van der Waals surface area contributed by atoms with Crippen LogP contribution >= 0.6 is 0 Å². The summed E-state index contributed by atoms with van der Waals surface area (Å²) < 4.78 is 34.8. The van der Waals surface area contributed by atoms with E-state index in [1.54, 1.807) is 0 Å². The van der Waals surface area contributed by atoms with Gasteiger partial charge in [-0.1, -0.05) is 0 Å². The Hall–Kier alpha value is -3.69. The van der Waals surface area contributed by atoms with Crippen LogP contribution in [-0.4, -0.2) is 37.7 Å². The molecule has 0 aliphatic carbocycles. The number of aromatic nitrogens is 3. The zero-order valence-electron chi connectivity index (χ0n) is 18.6. The van der Waals surface area contributed by atoms with Gasteiger partial charge in [-0.15, -0.1) is 0 Å². The molecule has 3 aliphatic rings. The van der Waals surface area contributed by atoms with Crippen LogP contribution in [0.25, 0.3) is 22.4 Å². The zero-order valence-corrected chi connectivity index (χ0v) is 18.6. The van der Waals surface area contributed by atoms with Crippen molar-refractivity contribution in [1.82, 2.24) is 14.5 Å². The van der Waals surface area contributed by atoms with Crippen molar-refractivity contribution in [1.29, 1.82) is 0 Å². The van der Waals surface area contributed by atoms with Crippen LogP contribution in [0.5, 0.6) is 5.75 Å². The second-order valence-corrected chi connectivity index (χ2v) is 9.58. The second-order valence-electron chi connectivity index (χ2n) is 9.58. The number of pyridine rings is 1. The number of alkyl halides is 2. The Balaban J connectivity index is 1.66. The van der Waals surface area contributed by atoms with Gasteiger partial charge in [0.25, 0.3) is 0 Å². The first-order chi connectivity index (χ1) is 16.2. The molecule has 5 heterocycles. The molecule has 10 heteroatoms. The van der Waals surface area contributed by atoms with Crippen LogP contribution in [0.4, 0.5) is 8.78 Å². The topological polar surface area (TPSA) is 89.6 Å². The van der Waals surface area contributed by atoms with Gasteiger partial charge in [0.1, 0.15) is 11.3 Å². The molecule has 0 spiro atoms. The molecule has 0 amide bonds. The maximum absolute atomic E-state index is 13.2. The van der Waals surface area contributed by atoms with E-state index in [0.29, 0.717) is 40.3 Å². The predicted octanol–water partition coefficient (Wildman–Crippen LogP) is 3.97. The number of aromatic carboxylic acids is 1. The lowest BCUT2D eigenvalue weighted by Gasteiger charge is -2.45. The van der Waals surface area contributed by atoms with Gasteiger partial charge in [-0.25, -0.2) is 9.48 Å². The summed E-state index contributed by atoms with van der Waals surface area (Å²) in [6.07, 6.45) is 6.42. The lowest BCUT2D eigenvalue weighted by atomic mass is 9.86. The summed E-state index contributed by atoms with van der Waals surface area (Å²) in [5, 5.41) is 15.5. The molecule has 1 atom stereocenters. The normalized spacial score (nSPS) is 19.4. The highest BCUT2D eigenvalue weighted by Crippen LogP contribution is 2.53. The summed E-state index contributed by atoms with van der Waals surface area (Å²) in [6.45, 7) is 1.86. The molecular weight excluding hydrogens is 446 g/mol. The largest absolute Gasteiger partial charge is 0.492 e. The first-order valence-electron chi connectivity index (χ1n) is 11.1. The fourth-order valence-corrected chi connectivity index (χ4v) is 5.69. The molecule has 1 fully saturated rings. The molecule has 2 aromatic heterocycles. The molecule has 1 aromatic carbocycles. The number of nitrogens with zero attached hydrogens (tertiary/aromatic N) is 4. The van der Waals surface area contributed by atoms with Crippen molar-refractivity contribution in [3.8, 4) is 28.1 Å². The first-order valence-corrected chi connectivity index (χ1v) is 11.1. The van der Waals surface area contributed by atoms with E-state index in [9.17, 15) is 23.5 Å². The molecule has 8 nitrogen and oxygen atoms in total. The van der Waals surface area contributed by atoms with Crippen LogP contribution in [0.2, 0.25) is 0 Å². The number of carboxylic acid groups (broad SMARTS) is 1. The number of fused-ring (bicyclic) bond motifs is 8. The Kier molecular flexibility index (Phi) is 4.24. The minimum absolute atomic E-state index is 0.0727. The monoisotopic (exact) mass is 468 g/mol. The summed E-state index contributed by atoms with van der Waals surface area (Å²) in [5.74, 6) is -0.667. The average molecular weight is 468 g/mol. The Bertz CT molecular complexity index is 1430. The van der Waals surface area contributed by atoms with Crippen molar-refractivity contribution in [3.05, 3.63) is 57.6 Å². The lowest BCUT2D eigenvalue weighted by Crippen LogP contribution is -2.50. The van der Waals surface area contributed by atoms with Crippen LogP contribution in [0.3, 0.4) is 0 Å². The number of halogens is 2. The van der Waals surface area contributed by atoms with Gasteiger partial charge in [-0.05, 0) is 38.3 Å². The maximum atomic E-state index is 13.2. The smallest absolute Gasteiger partial charge is 0.341 e. The van der Waals surface area contributed by atoms with Crippen LogP contribution < -0.4 is 15.2 Å².